The maximum atomic E-state index is 12.5. The number of nitrogens with zero attached hydrogens (tertiary/aromatic N) is 4. The summed E-state index contributed by atoms with van der Waals surface area (Å²) in [5.41, 5.74) is 2.41. The predicted octanol–water partition coefficient (Wildman–Crippen LogP) is 4.40. The normalized spacial score (nSPS) is 12.0. The molecule has 6 nitrogen and oxygen atoms in total. The number of anilines is 1. The number of hydrogen-bond acceptors (Lipinski definition) is 5. The van der Waals surface area contributed by atoms with Crippen molar-refractivity contribution in [3.8, 4) is 5.69 Å². The van der Waals surface area contributed by atoms with E-state index in [1.807, 2.05) is 31.2 Å². The van der Waals surface area contributed by atoms with Gasteiger partial charge in [0.15, 0.2) is 0 Å². The number of nitrogens with one attached hydrogen (secondary N) is 1. The number of carbonyl (C=O) groups excluding carboxylic acids is 1. The molecule has 3 aromatic rings. The smallest absolute Gasteiger partial charge is 0.237 e. The van der Waals surface area contributed by atoms with Gasteiger partial charge in [-0.3, -0.25) is 4.79 Å². The molecule has 9 heteroatoms. The Balaban J connectivity index is 1.74. The van der Waals surface area contributed by atoms with E-state index in [0.29, 0.717) is 20.9 Å². The molecular formula is C17H15Cl2N5OS. The molecule has 1 aromatic heterocycles. The number of benzene rings is 2. The molecule has 1 N–H and O–H groups in total. The van der Waals surface area contributed by atoms with Crippen LogP contribution in [-0.4, -0.2) is 31.4 Å². The van der Waals surface area contributed by atoms with Crippen molar-refractivity contribution in [2.75, 3.05) is 5.32 Å². The van der Waals surface area contributed by atoms with Gasteiger partial charge >= 0.3 is 0 Å². The minimum absolute atomic E-state index is 0.210. The summed E-state index contributed by atoms with van der Waals surface area (Å²) in [6.45, 7) is 3.75. The van der Waals surface area contributed by atoms with E-state index in [1.165, 1.54) is 11.8 Å². The molecule has 0 aliphatic carbocycles. The zero-order chi connectivity index (χ0) is 18.7. The van der Waals surface area contributed by atoms with E-state index in [0.717, 1.165) is 11.3 Å². The van der Waals surface area contributed by atoms with Gasteiger partial charge in [0, 0.05) is 5.02 Å². The Morgan fingerprint density at radius 2 is 2.00 bits per heavy atom. The maximum Gasteiger partial charge on any atom is 0.237 e. The van der Waals surface area contributed by atoms with Crippen LogP contribution in [0.1, 0.15) is 12.5 Å². The van der Waals surface area contributed by atoms with Crippen LogP contribution in [0.5, 0.6) is 0 Å². The van der Waals surface area contributed by atoms with Crippen molar-refractivity contribution in [1.82, 2.24) is 20.2 Å². The fourth-order valence-corrected chi connectivity index (χ4v) is 3.50. The van der Waals surface area contributed by atoms with Crippen LogP contribution in [0.2, 0.25) is 10.0 Å². The molecule has 26 heavy (non-hydrogen) atoms. The van der Waals surface area contributed by atoms with Gasteiger partial charge in [-0.1, -0.05) is 53.2 Å². The molecule has 134 valence electrons. The third kappa shape index (κ3) is 4.17. The van der Waals surface area contributed by atoms with E-state index in [1.54, 1.807) is 29.8 Å². The van der Waals surface area contributed by atoms with E-state index < -0.39 is 5.25 Å². The first kappa shape index (κ1) is 18.7. The first-order chi connectivity index (χ1) is 12.5. The Labute approximate surface area is 164 Å². The Kier molecular flexibility index (Phi) is 5.80. The van der Waals surface area contributed by atoms with E-state index in [9.17, 15) is 4.79 Å². The zero-order valence-corrected chi connectivity index (χ0v) is 16.3. The number of aryl methyl sites for hydroxylation is 1. The summed E-state index contributed by atoms with van der Waals surface area (Å²) in [4.78, 5) is 12.5. The lowest BCUT2D eigenvalue weighted by molar-refractivity contribution is -0.115. The van der Waals surface area contributed by atoms with Crippen LogP contribution < -0.4 is 5.32 Å². The second-order valence-corrected chi connectivity index (χ2v) is 7.68. The van der Waals surface area contributed by atoms with Gasteiger partial charge in [0.05, 0.1) is 21.6 Å². The van der Waals surface area contributed by atoms with Crippen molar-refractivity contribution >= 4 is 46.6 Å². The molecule has 2 aromatic carbocycles. The first-order valence-corrected chi connectivity index (χ1v) is 9.36. The molecule has 0 saturated heterocycles. The van der Waals surface area contributed by atoms with Crippen molar-refractivity contribution < 1.29 is 4.79 Å². The predicted molar refractivity (Wildman–Crippen MR) is 104 cm³/mol. The average molecular weight is 408 g/mol. The highest BCUT2D eigenvalue weighted by Crippen LogP contribution is 2.28. The molecule has 0 unspecified atom stereocenters. The van der Waals surface area contributed by atoms with Crippen molar-refractivity contribution in [1.29, 1.82) is 0 Å². The lowest BCUT2D eigenvalue weighted by Gasteiger charge is -2.13. The number of thioether (sulfide) groups is 1. The summed E-state index contributed by atoms with van der Waals surface area (Å²) in [6, 6.07) is 12.7. The molecule has 1 heterocycles. The van der Waals surface area contributed by atoms with Gasteiger partial charge in [-0.25, -0.2) is 0 Å². The highest BCUT2D eigenvalue weighted by Gasteiger charge is 2.20. The van der Waals surface area contributed by atoms with Gasteiger partial charge in [-0.15, -0.1) is 5.10 Å². The third-order valence-corrected chi connectivity index (χ3v) is 5.21. The van der Waals surface area contributed by atoms with Gasteiger partial charge in [-0.05, 0) is 54.1 Å². The lowest BCUT2D eigenvalue weighted by Crippen LogP contribution is -2.23. The number of halogens is 2. The summed E-state index contributed by atoms with van der Waals surface area (Å²) in [6.07, 6.45) is 0. The fraction of sp³-hybridized carbons (Fsp3) is 0.176. The van der Waals surface area contributed by atoms with Crippen LogP contribution in [-0.2, 0) is 4.79 Å². The SMILES string of the molecule is Cc1ccccc1-n1nnnc1S[C@H](C)C(=O)Nc1ccc(Cl)cc1Cl. The first-order valence-electron chi connectivity index (χ1n) is 7.72. The molecule has 0 bridgehead atoms. The molecule has 0 spiro atoms. The van der Waals surface area contributed by atoms with Crippen LogP contribution in [0, 0.1) is 6.92 Å². The molecule has 0 radical (unpaired) electrons. The van der Waals surface area contributed by atoms with Crippen molar-refractivity contribution in [3.63, 3.8) is 0 Å². The maximum absolute atomic E-state index is 12.5. The Morgan fingerprint density at radius 1 is 1.23 bits per heavy atom. The van der Waals surface area contributed by atoms with Crippen LogP contribution >= 0.6 is 35.0 Å². The molecule has 3 rings (SSSR count). The average Bonchev–Trinajstić information content (AvgIpc) is 3.05. The minimum atomic E-state index is -0.435. The molecule has 0 aliphatic heterocycles. The molecule has 0 aliphatic rings. The number of amides is 1. The molecule has 0 fully saturated rings. The highest BCUT2D eigenvalue weighted by molar-refractivity contribution is 8.00. The van der Waals surface area contributed by atoms with Gasteiger partial charge in [0.25, 0.3) is 0 Å². The van der Waals surface area contributed by atoms with Gasteiger partial charge in [-0.2, -0.15) is 4.68 Å². The monoisotopic (exact) mass is 407 g/mol. The summed E-state index contributed by atoms with van der Waals surface area (Å²) in [7, 11) is 0. The van der Waals surface area contributed by atoms with Crippen LogP contribution in [0.15, 0.2) is 47.6 Å². The highest BCUT2D eigenvalue weighted by atomic mass is 35.5. The molecule has 1 atom stereocenters. The van der Waals surface area contributed by atoms with Gasteiger partial charge in [0.1, 0.15) is 0 Å². The van der Waals surface area contributed by atoms with E-state index >= 15 is 0 Å². The summed E-state index contributed by atoms with van der Waals surface area (Å²) < 4.78 is 1.62. The number of hydrogen-bond donors (Lipinski definition) is 1. The van der Waals surface area contributed by atoms with Crippen LogP contribution in [0.25, 0.3) is 5.69 Å². The quantitative estimate of drug-likeness (QED) is 0.634. The second-order valence-electron chi connectivity index (χ2n) is 5.53. The fourth-order valence-electron chi connectivity index (χ4n) is 2.24. The largest absolute Gasteiger partial charge is 0.324 e. The van der Waals surface area contributed by atoms with E-state index in [-0.39, 0.29) is 5.91 Å². The molecule has 1 amide bonds. The third-order valence-electron chi connectivity index (χ3n) is 3.62. The van der Waals surface area contributed by atoms with Crippen LogP contribution in [0.3, 0.4) is 0 Å². The molecule has 0 saturated carbocycles. The van der Waals surface area contributed by atoms with E-state index in [2.05, 4.69) is 20.8 Å². The second kappa shape index (κ2) is 8.07. The van der Waals surface area contributed by atoms with Crippen molar-refractivity contribution in [2.24, 2.45) is 0 Å². The van der Waals surface area contributed by atoms with Crippen molar-refractivity contribution in [2.45, 2.75) is 24.3 Å². The lowest BCUT2D eigenvalue weighted by atomic mass is 10.2. The Bertz CT molecular complexity index is 946. The Hall–Kier alpha value is -2.09. The summed E-state index contributed by atoms with van der Waals surface area (Å²) in [5.74, 6) is -0.210. The zero-order valence-electron chi connectivity index (χ0n) is 14.0. The van der Waals surface area contributed by atoms with Gasteiger partial charge < -0.3 is 5.32 Å². The number of aromatic nitrogens is 4. The standard InChI is InChI=1S/C17H15Cl2N5OS/c1-10-5-3-4-6-15(10)24-17(21-22-23-24)26-11(2)16(25)20-14-8-7-12(18)9-13(14)19/h3-9,11H,1-2H3,(H,20,25)/t11-/m1/s1. The summed E-state index contributed by atoms with van der Waals surface area (Å²) >= 11 is 13.2. The van der Waals surface area contributed by atoms with Crippen LogP contribution in [0.4, 0.5) is 5.69 Å². The van der Waals surface area contributed by atoms with Crippen molar-refractivity contribution in [3.05, 3.63) is 58.1 Å². The van der Waals surface area contributed by atoms with Gasteiger partial charge in [0.2, 0.25) is 11.1 Å². The summed E-state index contributed by atoms with van der Waals surface area (Å²) in [5, 5.41) is 15.6. The van der Waals surface area contributed by atoms with E-state index in [4.69, 9.17) is 23.2 Å². The molecular weight excluding hydrogens is 393 g/mol. The number of rotatable bonds is 5. The topological polar surface area (TPSA) is 72.7 Å². The number of para-hydroxylation sites is 1. The minimum Gasteiger partial charge on any atom is -0.324 e. The Morgan fingerprint density at radius 3 is 2.73 bits per heavy atom. The number of carbonyl (C=O) groups is 1. The number of tetrazole rings is 1.